The summed E-state index contributed by atoms with van der Waals surface area (Å²) >= 11 is 0. The molecule has 18 heavy (non-hydrogen) atoms. The van der Waals surface area contributed by atoms with Gasteiger partial charge < -0.3 is 11.1 Å². The summed E-state index contributed by atoms with van der Waals surface area (Å²) < 4.78 is 0. The van der Waals surface area contributed by atoms with Crippen LogP contribution in [0.2, 0.25) is 0 Å². The number of nitrogens with one attached hydrogen (secondary N) is 1. The lowest BCUT2D eigenvalue weighted by Gasteiger charge is -2.26. The van der Waals surface area contributed by atoms with Crippen LogP contribution in [-0.2, 0) is 5.41 Å². The molecule has 0 fully saturated rings. The molecule has 0 spiro atoms. The van der Waals surface area contributed by atoms with Crippen LogP contribution in [0.3, 0.4) is 0 Å². The maximum absolute atomic E-state index is 5.86. The summed E-state index contributed by atoms with van der Waals surface area (Å²) in [5, 5.41) is 3.40. The lowest BCUT2D eigenvalue weighted by atomic mass is 9.84. The SMILES string of the molecule is CCC(CN)C(NC)c1ccc(C(C)(C)C)cc1. The van der Waals surface area contributed by atoms with Crippen molar-refractivity contribution in [1.82, 2.24) is 5.32 Å². The maximum atomic E-state index is 5.86. The summed E-state index contributed by atoms with van der Waals surface area (Å²) in [5.41, 5.74) is 8.78. The Kier molecular flexibility index (Phi) is 5.36. The topological polar surface area (TPSA) is 38.0 Å². The molecule has 2 nitrogen and oxygen atoms in total. The molecule has 0 heterocycles. The monoisotopic (exact) mass is 248 g/mol. The fourth-order valence-electron chi connectivity index (χ4n) is 2.40. The highest BCUT2D eigenvalue weighted by atomic mass is 14.9. The molecule has 0 aliphatic carbocycles. The number of rotatable bonds is 5. The number of nitrogens with two attached hydrogens (primary N) is 1. The van der Waals surface area contributed by atoms with E-state index in [2.05, 4.69) is 57.3 Å². The second-order valence-electron chi connectivity index (χ2n) is 6.04. The third kappa shape index (κ3) is 3.56. The van der Waals surface area contributed by atoms with Crippen LogP contribution in [0.5, 0.6) is 0 Å². The molecule has 0 saturated carbocycles. The van der Waals surface area contributed by atoms with E-state index in [4.69, 9.17) is 5.73 Å². The Bertz CT molecular complexity index is 344. The molecule has 1 aromatic carbocycles. The molecule has 0 amide bonds. The molecule has 1 aromatic rings. The zero-order chi connectivity index (χ0) is 13.8. The molecule has 0 radical (unpaired) electrons. The highest BCUT2D eigenvalue weighted by molar-refractivity contribution is 5.29. The van der Waals surface area contributed by atoms with Gasteiger partial charge in [0.2, 0.25) is 0 Å². The first kappa shape index (κ1) is 15.2. The van der Waals surface area contributed by atoms with E-state index in [-0.39, 0.29) is 5.41 Å². The minimum absolute atomic E-state index is 0.214. The van der Waals surface area contributed by atoms with Crippen molar-refractivity contribution in [1.29, 1.82) is 0 Å². The predicted molar refractivity (Wildman–Crippen MR) is 79.8 cm³/mol. The van der Waals surface area contributed by atoms with Crippen LogP contribution in [-0.4, -0.2) is 13.6 Å². The summed E-state index contributed by atoms with van der Waals surface area (Å²) in [4.78, 5) is 0. The van der Waals surface area contributed by atoms with Crippen LogP contribution < -0.4 is 11.1 Å². The largest absolute Gasteiger partial charge is 0.330 e. The van der Waals surface area contributed by atoms with Crippen LogP contribution in [0.1, 0.15) is 51.3 Å². The molecule has 0 aromatic heterocycles. The first-order valence-corrected chi connectivity index (χ1v) is 6.91. The van der Waals surface area contributed by atoms with Crippen molar-refractivity contribution in [3.63, 3.8) is 0 Å². The smallest absolute Gasteiger partial charge is 0.0358 e. The zero-order valence-corrected chi connectivity index (χ0v) is 12.5. The molecule has 2 atom stereocenters. The number of hydrogen-bond acceptors (Lipinski definition) is 2. The van der Waals surface area contributed by atoms with Crippen LogP contribution in [0.15, 0.2) is 24.3 Å². The maximum Gasteiger partial charge on any atom is 0.0358 e. The Hall–Kier alpha value is -0.860. The fraction of sp³-hybridized carbons (Fsp3) is 0.625. The standard InChI is InChI=1S/C16H28N2/c1-6-12(11-17)15(18-5)13-7-9-14(10-8-13)16(2,3)4/h7-10,12,15,18H,6,11,17H2,1-5H3. The van der Waals surface area contributed by atoms with Gasteiger partial charge in [-0.15, -0.1) is 0 Å². The zero-order valence-electron chi connectivity index (χ0n) is 12.5. The first-order valence-electron chi connectivity index (χ1n) is 6.91. The summed E-state index contributed by atoms with van der Waals surface area (Å²) in [6.45, 7) is 9.65. The highest BCUT2D eigenvalue weighted by Gasteiger charge is 2.20. The van der Waals surface area contributed by atoms with Gasteiger partial charge in [0.05, 0.1) is 0 Å². The Balaban J connectivity index is 2.95. The molecule has 2 heteroatoms. The second kappa shape index (κ2) is 6.35. The van der Waals surface area contributed by atoms with Gasteiger partial charge in [-0.1, -0.05) is 58.4 Å². The van der Waals surface area contributed by atoms with E-state index >= 15 is 0 Å². The van der Waals surface area contributed by atoms with Crippen LogP contribution in [0, 0.1) is 5.92 Å². The molecule has 0 aliphatic heterocycles. The van der Waals surface area contributed by atoms with Crippen LogP contribution in [0.25, 0.3) is 0 Å². The summed E-state index contributed by atoms with van der Waals surface area (Å²) in [7, 11) is 2.01. The van der Waals surface area contributed by atoms with Gasteiger partial charge in [0.15, 0.2) is 0 Å². The van der Waals surface area contributed by atoms with Gasteiger partial charge in [-0.2, -0.15) is 0 Å². The van der Waals surface area contributed by atoms with Crippen molar-refractivity contribution in [3.8, 4) is 0 Å². The van der Waals surface area contributed by atoms with Crippen molar-refractivity contribution < 1.29 is 0 Å². The molecule has 2 unspecified atom stereocenters. The summed E-state index contributed by atoms with van der Waals surface area (Å²) in [6.07, 6.45) is 1.10. The molecule has 0 aliphatic rings. The predicted octanol–water partition coefficient (Wildman–Crippen LogP) is 3.23. The molecule has 0 saturated heterocycles. The Morgan fingerprint density at radius 1 is 1.17 bits per heavy atom. The van der Waals surface area contributed by atoms with Crippen LogP contribution in [0.4, 0.5) is 0 Å². The van der Waals surface area contributed by atoms with Gasteiger partial charge in [0, 0.05) is 6.04 Å². The summed E-state index contributed by atoms with van der Waals surface area (Å²) in [6, 6.07) is 9.31. The highest BCUT2D eigenvalue weighted by Crippen LogP contribution is 2.27. The van der Waals surface area contributed by atoms with Crippen molar-refractivity contribution in [3.05, 3.63) is 35.4 Å². The normalized spacial score (nSPS) is 15.4. The molecule has 3 N–H and O–H groups in total. The van der Waals surface area contributed by atoms with E-state index in [1.807, 2.05) is 7.05 Å². The average Bonchev–Trinajstić information content (AvgIpc) is 2.35. The molecule has 102 valence electrons. The average molecular weight is 248 g/mol. The van der Waals surface area contributed by atoms with Crippen molar-refractivity contribution in [2.75, 3.05) is 13.6 Å². The van der Waals surface area contributed by atoms with E-state index in [1.165, 1.54) is 11.1 Å². The lowest BCUT2D eigenvalue weighted by Crippen LogP contribution is -2.30. The van der Waals surface area contributed by atoms with Gasteiger partial charge in [-0.05, 0) is 36.1 Å². The minimum atomic E-state index is 0.214. The van der Waals surface area contributed by atoms with Gasteiger partial charge in [-0.25, -0.2) is 0 Å². The van der Waals surface area contributed by atoms with E-state index in [9.17, 15) is 0 Å². The number of benzene rings is 1. The van der Waals surface area contributed by atoms with Crippen LogP contribution >= 0.6 is 0 Å². The Labute approximate surface area is 112 Å². The third-order valence-electron chi connectivity index (χ3n) is 3.75. The third-order valence-corrected chi connectivity index (χ3v) is 3.75. The van der Waals surface area contributed by atoms with E-state index in [0.717, 1.165) is 13.0 Å². The summed E-state index contributed by atoms with van der Waals surface area (Å²) in [5.74, 6) is 0.496. The minimum Gasteiger partial charge on any atom is -0.330 e. The molecule has 0 bridgehead atoms. The second-order valence-corrected chi connectivity index (χ2v) is 6.04. The van der Waals surface area contributed by atoms with Gasteiger partial charge in [-0.3, -0.25) is 0 Å². The van der Waals surface area contributed by atoms with E-state index < -0.39 is 0 Å². The Morgan fingerprint density at radius 3 is 2.06 bits per heavy atom. The Morgan fingerprint density at radius 2 is 1.72 bits per heavy atom. The van der Waals surface area contributed by atoms with Gasteiger partial charge in [0.1, 0.15) is 0 Å². The van der Waals surface area contributed by atoms with Crippen molar-refractivity contribution >= 4 is 0 Å². The van der Waals surface area contributed by atoms with E-state index in [0.29, 0.717) is 12.0 Å². The molecular formula is C16H28N2. The van der Waals surface area contributed by atoms with Gasteiger partial charge in [0.25, 0.3) is 0 Å². The first-order chi connectivity index (χ1) is 8.43. The van der Waals surface area contributed by atoms with E-state index in [1.54, 1.807) is 0 Å². The fourth-order valence-corrected chi connectivity index (χ4v) is 2.40. The van der Waals surface area contributed by atoms with Crippen molar-refractivity contribution in [2.24, 2.45) is 11.7 Å². The quantitative estimate of drug-likeness (QED) is 0.839. The molecule has 1 rings (SSSR count). The van der Waals surface area contributed by atoms with Crippen molar-refractivity contribution in [2.45, 2.75) is 45.6 Å². The lowest BCUT2D eigenvalue weighted by molar-refractivity contribution is 0.378. The van der Waals surface area contributed by atoms with Gasteiger partial charge >= 0.3 is 0 Å². The molecular weight excluding hydrogens is 220 g/mol. The number of hydrogen-bond donors (Lipinski definition) is 2.